The highest BCUT2D eigenvalue weighted by molar-refractivity contribution is 7.22. The van der Waals surface area contributed by atoms with E-state index in [0.717, 1.165) is 53.5 Å². The maximum absolute atomic E-state index is 12.9. The minimum Gasteiger partial charge on any atom is -0.457 e. The first-order valence-electron chi connectivity index (χ1n) is 11.1. The van der Waals surface area contributed by atoms with Crippen LogP contribution in [0.15, 0.2) is 67.0 Å². The number of ether oxygens (including phenoxy) is 1. The Kier molecular flexibility index (Phi) is 5.27. The molecule has 1 amide bonds. The fourth-order valence-corrected chi connectivity index (χ4v) is 5.01. The van der Waals surface area contributed by atoms with E-state index < -0.39 is 0 Å². The van der Waals surface area contributed by atoms with Crippen LogP contribution in [0.25, 0.3) is 15.9 Å². The van der Waals surface area contributed by atoms with Gasteiger partial charge in [0.05, 0.1) is 10.2 Å². The molecule has 34 heavy (non-hydrogen) atoms. The summed E-state index contributed by atoms with van der Waals surface area (Å²) in [6.45, 7) is 1.53. The molecule has 1 saturated heterocycles. The lowest BCUT2D eigenvalue weighted by Gasteiger charge is -2.31. The highest BCUT2D eigenvalue weighted by Gasteiger charge is 2.26. The number of carbonyl (C=O) groups excluding carboxylic acids is 1. The van der Waals surface area contributed by atoms with Crippen molar-refractivity contribution in [2.75, 3.05) is 23.3 Å². The molecule has 170 valence electrons. The molecular weight excluding hydrogens is 450 g/mol. The van der Waals surface area contributed by atoms with E-state index in [1.54, 1.807) is 10.8 Å². The van der Waals surface area contributed by atoms with Gasteiger partial charge in [-0.3, -0.25) is 4.79 Å². The molecule has 0 saturated carbocycles. The van der Waals surface area contributed by atoms with Gasteiger partial charge in [0.2, 0.25) is 5.91 Å². The predicted octanol–water partition coefficient (Wildman–Crippen LogP) is 4.38. The van der Waals surface area contributed by atoms with E-state index in [1.165, 1.54) is 11.3 Å². The number of piperidine rings is 1. The molecule has 3 aromatic heterocycles. The first-order chi connectivity index (χ1) is 16.7. The Morgan fingerprint density at radius 3 is 2.74 bits per heavy atom. The molecule has 1 fully saturated rings. The van der Waals surface area contributed by atoms with E-state index in [4.69, 9.17) is 4.74 Å². The van der Waals surface area contributed by atoms with E-state index in [2.05, 4.69) is 30.5 Å². The quantitative estimate of drug-likeness (QED) is 0.406. The third kappa shape index (κ3) is 4.15. The second kappa shape index (κ2) is 8.71. The number of fused-ring (bicyclic) bond motifs is 2. The van der Waals surface area contributed by atoms with Crippen molar-refractivity contribution in [1.82, 2.24) is 24.8 Å². The average Bonchev–Trinajstić information content (AvgIpc) is 3.50. The lowest BCUT2D eigenvalue weighted by molar-refractivity contribution is -0.120. The van der Waals surface area contributed by atoms with Crippen LogP contribution in [-0.4, -0.2) is 43.8 Å². The molecule has 0 unspecified atom stereocenters. The van der Waals surface area contributed by atoms with Gasteiger partial charge >= 0.3 is 0 Å². The topological polar surface area (TPSA) is 97.5 Å². The molecule has 0 bridgehead atoms. The summed E-state index contributed by atoms with van der Waals surface area (Å²) in [5.41, 5.74) is 1.55. The number of benzene rings is 2. The zero-order valence-corrected chi connectivity index (χ0v) is 19.0. The van der Waals surface area contributed by atoms with Gasteiger partial charge in [-0.25, -0.2) is 4.98 Å². The van der Waals surface area contributed by atoms with Crippen LogP contribution >= 0.6 is 11.3 Å². The van der Waals surface area contributed by atoms with Gasteiger partial charge < -0.3 is 15.0 Å². The monoisotopic (exact) mass is 471 g/mol. The van der Waals surface area contributed by atoms with Gasteiger partial charge in [-0.2, -0.15) is 4.52 Å². The summed E-state index contributed by atoms with van der Waals surface area (Å²) in [4.78, 5) is 19.7. The lowest BCUT2D eigenvalue weighted by Crippen LogP contribution is -2.38. The van der Waals surface area contributed by atoms with E-state index in [-0.39, 0.29) is 11.8 Å². The Balaban J connectivity index is 1.09. The molecule has 10 heteroatoms. The largest absolute Gasteiger partial charge is 0.457 e. The molecule has 1 N–H and O–H groups in total. The number of carbonyl (C=O) groups is 1. The Morgan fingerprint density at radius 2 is 1.88 bits per heavy atom. The smallest absolute Gasteiger partial charge is 0.229 e. The number of anilines is 2. The van der Waals surface area contributed by atoms with Crippen molar-refractivity contribution >= 4 is 44.1 Å². The Hall–Kier alpha value is -4.05. The van der Waals surface area contributed by atoms with Crippen LogP contribution in [0.5, 0.6) is 11.5 Å². The zero-order chi connectivity index (χ0) is 22.9. The van der Waals surface area contributed by atoms with Crippen LogP contribution in [0, 0.1) is 5.92 Å². The molecule has 6 rings (SSSR count). The van der Waals surface area contributed by atoms with Gasteiger partial charge in [-0.05, 0) is 49.2 Å². The van der Waals surface area contributed by atoms with Crippen LogP contribution in [0.3, 0.4) is 0 Å². The maximum atomic E-state index is 12.9. The van der Waals surface area contributed by atoms with Crippen molar-refractivity contribution in [2.24, 2.45) is 5.92 Å². The molecule has 1 aliphatic heterocycles. The van der Waals surface area contributed by atoms with Gasteiger partial charge in [-0.15, -0.1) is 15.3 Å². The first kappa shape index (κ1) is 20.5. The third-order valence-electron chi connectivity index (χ3n) is 5.91. The maximum Gasteiger partial charge on any atom is 0.229 e. The Morgan fingerprint density at radius 1 is 1.03 bits per heavy atom. The molecular formula is C24H21N7O2S. The van der Waals surface area contributed by atoms with Crippen LogP contribution < -0.4 is 15.0 Å². The summed E-state index contributed by atoms with van der Waals surface area (Å²) in [6.07, 6.45) is 3.11. The fraction of sp³-hybridized carbons (Fsp3) is 0.208. The van der Waals surface area contributed by atoms with Crippen LogP contribution in [0.2, 0.25) is 0 Å². The van der Waals surface area contributed by atoms with Crippen LogP contribution in [0.1, 0.15) is 12.8 Å². The second-order valence-electron chi connectivity index (χ2n) is 8.14. The van der Waals surface area contributed by atoms with Crippen molar-refractivity contribution < 1.29 is 9.53 Å². The summed E-state index contributed by atoms with van der Waals surface area (Å²) in [6, 6.07) is 19.3. The number of thiazole rings is 1. The number of aromatic nitrogens is 5. The van der Waals surface area contributed by atoms with E-state index in [1.807, 2.05) is 60.7 Å². The number of hydrogen-bond acceptors (Lipinski definition) is 8. The van der Waals surface area contributed by atoms with Gasteiger partial charge in [0.25, 0.3) is 0 Å². The fourth-order valence-electron chi connectivity index (χ4n) is 4.11. The predicted molar refractivity (Wildman–Crippen MR) is 130 cm³/mol. The van der Waals surface area contributed by atoms with Crippen molar-refractivity contribution in [2.45, 2.75) is 12.8 Å². The normalized spacial score (nSPS) is 14.5. The number of amides is 1. The number of nitrogens with one attached hydrogen (secondary N) is 1. The Labute approximate surface area is 199 Å². The summed E-state index contributed by atoms with van der Waals surface area (Å²) in [5, 5.41) is 16.0. The molecule has 0 atom stereocenters. The first-order valence-corrected chi connectivity index (χ1v) is 11.9. The number of nitrogens with zero attached hydrogens (tertiary/aromatic N) is 6. The van der Waals surface area contributed by atoms with Crippen molar-refractivity contribution in [3.05, 3.63) is 67.0 Å². The van der Waals surface area contributed by atoms with E-state index in [9.17, 15) is 4.79 Å². The number of para-hydroxylation sites is 1. The molecule has 5 aromatic rings. The molecule has 0 radical (unpaired) electrons. The molecule has 1 aliphatic rings. The third-order valence-corrected chi connectivity index (χ3v) is 6.84. The van der Waals surface area contributed by atoms with Gasteiger partial charge in [-0.1, -0.05) is 29.5 Å². The van der Waals surface area contributed by atoms with E-state index in [0.29, 0.717) is 10.8 Å². The lowest BCUT2D eigenvalue weighted by atomic mass is 9.96. The average molecular weight is 472 g/mol. The summed E-state index contributed by atoms with van der Waals surface area (Å²) in [7, 11) is 0. The van der Waals surface area contributed by atoms with E-state index >= 15 is 0 Å². The Bertz CT molecular complexity index is 1460. The zero-order valence-electron chi connectivity index (χ0n) is 18.2. The van der Waals surface area contributed by atoms with Crippen LogP contribution in [-0.2, 0) is 4.79 Å². The minimum absolute atomic E-state index is 0.0155. The summed E-state index contributed by atoms with van der Waals surface area (Å²) in [5.74, 6) is 2.35. The SMILES string of the molecule is O=C(Nc1nc2ccc(Oc3ccccc3)cc2s1)C1CCN(c2ccc3nncn3n2)CC1. The molecule has 0 aliphatic carbocycles. The van der Waals surface area contributed by atoms with Crippen molar-refractivity contribution in [3.8, 4) is 11.5 Å². The van der Waals surface area contributed by atoms with Crippen molar-refractivity contribution in [3.63, 3.8) is 0 Å². The molecule has 9 nitrogen and oxygen atoms in total. The minimum atomic E-state index is -0.0566. The van der Waals surface area contributed by atoms with Gasteiger partial charge in [0.1, 0.15) is 23.6 Å². The highest BCUT2D eigenvalue weighted by atomic mass is 32.1. The standard InChI is InChI=1S/C24H21N7O2S/c32-23(16-10-12-30(13-11-16)22-9-8-21-28-25-15-31(21)29-22)27-24-26-19-7-6-18(14-20(19)34-24)33-17-4-2-1-3-5-17/h1-9,14-16H,10-13H2,(H,26,27,32). The van der Waals surface area contributed by atoms with Crippen molar-refractivity contribution in [1.29, 1.82) is 0 Å². The van der Waals surface area contributed by atoms with Crippen LogP contribution in [0.4, 0.5) is 10.9 Å². The van der Waals surface area contributed by atoms with Gasteiger partial charge in [0.15, 0.2) is 10.8 Å². The summed E-state index contributed by atoms with van der Waals surface area (Å²) < 4.78 is 8.54. The summed E-state index contributed by atoms with van der Waals surface area (Å²) >= 11 is 1.46. The highest BCUT2D eigenvalue weighted by Crippen LogP contribution is 2.32. The molecule has 0 spiro atoms. The molecule has 4 heterocycles. The molecule has 2 aromatic carbocycles. The van der Waals surface area contributed by atoms with Gasteiger partial charge in [0, 0.05) is 25.1 Å². The number of hydrogen-bond donors (Lipinski definition) is 1. The second-order valence-corrected chi connectivity index (χ2v) is 9.17. The number of rotatable bonds is 5.